The number of nitrogens with zero attached hydrogens (tertiary/aromatic N) is 2. The van der Waals surface area contributed by atoms with E-state index >= 15 is 0 Å². The van der Waals surface area contributed by atoms with Crippen LogP contribution in [0.25, 0.3) is 22.2 Å². The van der Waals surface area contributed by atoms with Crippen molar-refractivity contribution in [3.05, 3.63) is 53.6 Å². The van der Waals surface area contributed by atoms with E-state index in [1.807, 2.05) is 68.1 Å². The van der Waals surface area contributed by atoms with Crippen molar-refractivity contribution in [2.45, 2.75) is 33.0 Å². The maximum atomic E-state index is 13.6. The molecule has 4 rings (SSSR count). The summed E-state index contributed by atoms with van der Waals surface area (Å²) in [6.45, 7) is 7.16. The molecule has 0 saturated carbocycles. The maximum Gasteiger partial charge on any atom is 0.254 e. The second-order valence-corrected chi connectivity index (χ2v) is 8.11. The quantitative estimate of drug-likeness (QED) is 0.623. The number of fused-ring (bicyclic) bond motifs is 1. The van der Waals surface area contributed by atoms with Gasteiger partial charge in [0.1, 0.15) is 11.5 Å². The number of pyridine rings is 1. The fourth-order valence-electron chi connectivity index (χ4n) is 4.18. The zero-order chi connectivity index (χ0) is 22.1. The highest BCUT2D eigenvalue weighted by Gasteiger charge is 2.28. The molecule has 1 saturated heterocycles. The number of ether oxygens (including phenoxy) is 3. The normalized spacial score (nSPS) is 18.8. The molecule has 1 aromatic heterocycles. The highest BCUT2D eigenvalue weighted by atomic mass is 16.5. The third-order valence-corrected chi connectivity index (χ3v) is 5.59. The third kappa shape index (κ3) is 4.21. The number of carbonyl (C=O) groups is 1. The summed E-state index contributed by atoms with van der Waals surface area (Å²) >= 11 is 0. The second kappa shape index (κ2) is 8.55. The smallest absolute Gasteiger partial charge is 0.254 e. The Kier molecular flexibility index (Phi) is 5.83. The molecule has 162 valence electrons. The molecule has 1 aliphatic rings. The van der Waals surface area contributed by atoms with Gasteiger partial charge in [-0.15, -0.1) is 0 Å². The molecule has 2 heterocycles. The van der Waals surface area contributed by atoms with Crippen molar-refractivity contribution in [3.8, 4) is 22.8 Å². The average molecular weight is 421 g/mol. The van der Waals surface area contributed by atoms with Crippen molar-refractivity contribution in [2.75, 3.05) is 27.3 Å². The van der Waals surface area contributed by atoms with Crippen LogP contribution in [0.1, 0.15) is 29.8 Å². The van der Waals surface area contributed by atoms with Crippen molar-refractivity contribution in [1.82, 2.24) is 9.88 Å². The number of hydrogen-bond donors (Lipinski definition) is 0. The molecular weight excluding hydrogens is 392 g/mol. The van der Waals surface area contributed by atoms with Crippen molar-refractivity contribution in [1.29, 1.82) is 0 Å². The van der Waals surface area contributed by atoms with Gasteiger partial charge in [0.15, 0.2) is 0 Å². The Morgan fingerprint density at radius 1 is 1.03 bits per heavy atom. The minimum Gasteiger partial charge on any atom is -0.497 e. The summed E-state index contributed by atoms with van der Waals surface area (Å²) in [4.78, 5) is 20.4. The average Bonchev–Trinajstić information content (AvgIpc) is 2.76. The molecule has 6 nitrogen and oxygen atoms in total. The van der Waals surface area contributed by atoms with E-state index in [1.54, 1.807) is 14.2 Å². The number of amides is 1. The SMILES string of the molecule is COc1ccc(-c2cc(C(=O)N3CC(C)OC(C)C3)c3cc(C)ccc3n2)c(OC)c1. The largest absolute Gasteiger partial charge is 0.497 e. The van der Waals surface area contributed by atoms with Crippen LogP contribution in [0.5, 0.6) is 11.5 Å². The summed E-state index contributed by atoms with van der Waals surface area (Å²) < 4.78 is 16.7. The molecule has 2 aromatic carbocycles. The molecule has 3 aromatic rings. The van der Waals surface area contributed by atoms with E-state index < -0.39 is 0 Å². The van der Waals surface area contributed by atoms with Crippen molar-refractivity contribution in [2.24, 2.45) is 0 Å². The van der Waals surface area contributed by atoms with Crippen LogP contribution in [0, 0.1) is 6.92 Å². The zero-order valence-electron chi connectivity index (χ0n) is 18.6. The van der Waals surface area contributed by atoms with Crippen molar-refractivity contribution in [3.63, 3.8) is 0 Å². The fourth-order valence-corrected chi connectivity index (χ4v) is 4.18. The van der Waals surface area contributed by atoms with E-state index in [9.17, 15) is 4.79 Å². The van der Waals surface area contributed by atoms with Crippen molar-refractivity contribution >= 4 is 16.8 Å². The number of aryl methyl sites for hydroxylation is 1. The van der Waals surface area contributed by atoms with Gasteiger partial charge in [-0.05, 0) is 51.1 Å². The first kappa shape index (κ1) is 21.1. The number of aromatic nitrogens is 1. The lowest BCUT2D eigenvalue weighted by atomic mass is 10.0. The van der Waals surface area contributed by atoms with Crippen LogP contribution < -0.4 is 9.47 Å². The second-order valence-electron chi connectivity index (χ2n) is 8.11. The molecule has 2 unspecified atom stereocenters. The molecule has 1 amide bonds. The molecule has 0 aliphatic carbocycles. The van der Waals surface area contributed by atoms with Gasteiger partial charge in [-0.25, -0.2) is 4.98 Å². The van der Waals surface area contributed by atoms with Crippen molar-refractivity contribution < 1.29 is 19.0 Å². The fraction of sp³-hybridized carbons (Fsp3) is 0.360. The minimum atomic E-state index is -0.00581. The number of morpholine rings is 1. The molecule has 31 heavy (non-hydrogen) atoms. The van der Waals surface area contributed by atoms with Crippen LogP contribution in [-0.2, 0) is 4.74 Å². The lowest BCUT2D eigenvalue weighted by Crippen LogP contribution is -2.48. The lowest BCUT2D eigenvalue weighted by Gasteiger charge is -2.35. The van der Waals surface area contributed by atoms with Gasteiger partial charge in [0.2, 0.25) is 0 Å². The molecule has 2 atom stereocenters. The van der Waals surface area contributed by atoms with Gasteiger partial charge in [0.25, 0.3) is 5.91 Å². The van der Waals surface area contributed by atoms with E-state index in [4.69, 9.17) is 19.2 Å². The van der Waals surface area contributed by atoms with Crippen LogP contribution in [0.4, 0.5) is 0 Å². The van der Waals surface area contributed by atoms with Gasteiger partial charge in [-0.3, -0.25) is 4.79 Å². The number of carbonyl (C=O) groups excluding carboxylic acids is 1. The predicted octanol–water partition coefficient (Wildman–Crippen LogP) is 4.48. The van der Waals surface area contributed by atoms with Gasteiger partial charge >= 0.3 is 0 Å². The highest BCUT2D eigenvalue weighted by molar-refractivity contribution is 6.07. The summed E-state index contributed by atoms with van der Waals surface area (Å²) in [6.07, 6.45) is 0.00683. The van der Waals surface area contributed by atoms with Gasteiger partial charge < -0.3 is 19.1 Å². The molecule has 6 heteroatoms. The lowest BCUT2D eigenvalue weighted by molar-refractivity contribution is -0.0585. The summed E-state index contributed by atoms with van der Waals surface area (Å²) in [6, 6.07) is 13.5. The summed E-state index contributed by atoms with van der Waals surface area (Å²) in [7, 11) is 3.23. The highest BCUT2D eigenvalue weighted by Crippen LogP contribution is 2.35. The summed E-state index contributed by atoms with van der Waals surface area (Å²) in [5.74, 6) is 1.34. The number of rotatable bonds is 4. The van der Waals surface area contributed by atoms with Gasteiger partial charge in [-0.2, -0.15) is 0 Å². The topological polar surface area (TPSA) is 60.9 Å². The summed E-state index contributed by atoms with van der Waals surface area (Å²) in [5, 5.41) is 0.855. The Hall–Kier alpha value is -3.12. The molecule has 0 spiro atoms. The Morgan fingerprint density at radius 2 is 1.77 bits per heavy atom. The van der Waals surface area contributed by atoms with E-state index in [2.05, 4.69) is 0 Å². The first-order valence-corrected chi connectivity index (χ1v) is 10.5. The number of methoxy groups -OCH3 is 2. The van der Waals surface area contributed by atoms with Crippen LogP contribution in [0.15, 0.2) is 42.5 Å². The standard InChI is InChI=1S/C25H28N2O4/c1-15-6-9-22-20(10-15)21(25(28)27-13-16(2)31-17(3)14-27)12-23(26-22)19-8-7-18(29-4)11-24(19)30-5/h6-12,16-17H,13-14H2,1-5H3. The number of benzene rings is 2. The first-order valence-electron chi connectivity index (χ1n) is 10.5. The van der Waals surface area contributed by atoms with E-state index in [0.717, 1.165) is 22.0 Å². The Bertz CT molecular complexity index is 1120. The first-order chi connectivity index (χ1) is 14.9. The number of hydrogen-bond acceptors (Lipinski definition) is 5. The van der Waals surface area contributed by atoms with E-state index in [1.165, 1.54) is 0 Å². The Morgan fingerprint density at radius 3 is 2.45 bits per heavy atom. The molecule has 0 radical (unpaired) electrons. The van der Waals surface area contributed by atoms with Gasteiger partial charge in [0, 0.05) is 30.1 Å². The van der Waals surface area contributed by atoms with E-state index in [-0.39, 0.29) is 18.1 Å². The van der Waals surface area contributed by atoms with Crippen LogP contribution in [-0.4, -0.2) is 55.3 Å². The monoisotopic (exact) mass is 420 g/mol. The van der Waals surface area contributed by atoms with Crippen LogP contribution in [0.2, 0.25) is 0 Å². The molecule has 1 fully saturated rings. The van der Waals surface area contributed by atoms with Gasteiger partial charge in [0.05, 0.1) is 43.2 Å². The molecule has 1 aliphatic heterocycles. The minimum absolute atomic E-state index is 0.00342. The Labute approximate surface area is 182 Å². The summed E-state index contributed by atoms with van der Waals surface area (Å²) in [5.41, 5.74) is 4.00. The maximum absolute atomic E-state index is 13.6. The predicted molar refractivity (Wildman–Crippen MR) is 121 cm³/mol. The third-order valence-electron chi connectivity index (χ3n) is 5.59. The molecule has 0 N–H and O–H groups in total. The van der Waals surface area contributed by atoms with Gasteiger partial charge in [-0.1, -0.05) is 11.6 Å². The van der Waals surface area contributed by atoms with E-state index in [0.29, 0.717) is 35.8 Å². The van der Waals surface area contributed by atoms with Crippen LogP contribution >= 0.6 is 0 Å². The Balaban J connectivity index is 1.87. The zero-order valence-corrected chi connectivity index (χ0v) is 18.6. The molecular formula is C25H28N2O4. The van der Waals surface area contributed by atoms with Crippen LogP contribution in [0.3, 0.4) is 0 Å². The molecule has 0 bridgehead atoms.